The lowest BCUT2D eigenvalue weighted by atomic mass is 10.2. The van der Waals surface area contributed by atoms with Gasteiger partial charge in [-0.1, -0.05) is 25.1 Å². The van der Waals surface area contributed by atoms with Crippen LogP contribution in [0.1, 0.15) is 13.8 Å². The van der Waals surface area contributed by atoms with E-state index in [9.17, 15) is 4.79 Å². The molecule has 2 heterocycles. The van der Waals surface area contributed by atoms with Gasteiger partial charge < -0.3 is 15.0 Å². The third-order valence-electron chi connectivity index (χ3n) is 5.52. The van der Waals surface area contributed by atoms with E-state index in [-0.39, 0.29) is 12.0 Å². The molecule has 0 bridgehead atoms. The van der Waals surface area contributed by atoms with Gasteiger partial charge in [0, 0.05) is 57.5 Å². The summed E-state index contributed by atoms with van der Waals surface area (Å²) in [6.45, 7) is 12.3. The quantitative estimate of drug-likeness (QED) is 0.821. The number of rotatable bonds is 6. The summed E-state index contributed by atoms with van der Waals surface area (Å²) in [4.78, 5) is 19.5. The van der Waals surface area contributed by atoms with Crippen molar-refractivity contribution < 1.29 is 9.53 Å². The highest BCUT2D eigenvalue weighted by Crippen LogP contribution is 2.16. The SMILES string of the molecule is CCN1CCO[C@H](C(=O)NC[C@H](C)N2CCN(c3ccccc3)CC2)C1. The molecule has 6 nitrogen and oxygen atoms in total. The maximum atomic E-state index is 12.4. The second-order valence-electron chi connectivity index (χ2n) is 7.21. The van der Waals surface area contributed by atoms with Gasteiger partial charge in [0.1, 0.15) is 6.10 Å². The molecule has 1 aromatic rings. The Kier molecular flexibility index (Phi) is 6.88. The van der Waals surface area contributed by atoms with Gasteiger partial charge in [-0.05, 0) is 25.6 Å². The molecule has 0 unspecified atom stereocenters. The summed E-state index contributed by atoms with van der Waals surface area (Å²) in [5.74, 6) is 0.0259. The molecular formula is C20H32N4O2. The summed E-state index contributed by atoms with van der Waals surface area (Å²) in [5.41, 5.74) is 1.29. The van der Waals surface area contributed by atoms with Crippen LogP contribution in [0.15, 0.2) is 30.3 Å². The first kappa shape index (κ1) is 19.1. The topological polar surface area (TPSA) is 48.1 Å². The zero-order valence-corrected chi connectivity index (χ0v) is 16.1. The first-order chi connectivity index (χ1) is 12.7. The molecule has 1 amide bonds. The number of likely N-dealkylation sites (N-methyl/N-ethyl adjacent to an activating group) is 1. The van der Waals surface area contributed by atoms with Gasteiger partial charge in [-0.25, -0.2) is 0 Å². The van der Waals surface area contributed by atoms with E-state index in [4.69, 9.17) is 4.74 Å². The number of para-hydroxylation sites is 1. The monoisotopic (exact) mass is 360 g/mol. The lowest BCUT2D eigenvalue weighted by molar-refractivity contribution is -0.138. The summed E-state index contributed by atoms with van der Waals surface area (Å²) >= 11 is 0. The van der Waals surface area contributed by atoms with E-state index in [1.165, 1.54) is 5.69 Å². The Balaban J connectivity index is 1.40. The van der Waals surface area contributed by atoms with Gasteiger partial charge in [0.05, 0.1) is 6.61 Å². The van der Waals surface area contributed by atoms with Crippen LogP contribution in [0.2, 0.25) is 0 Å². The Morgan fingerprint density at radius 3 is 2.62 bits per heavy atom. The first-order valence-corrected chi connectivity index (χ1v) is 9.83. The maximum absolute atomic E-state index is 12.4. The van der Waals surface area contributed by atoms with Gasteiger partial charge in [-0.15, -0.1) is 0 Å². The average molecular weight is 361 g/mol. The molecule has 2 aliphatic heterocycles. The maximum Gasteiger partial charge on any atom is 0.250 e. The van der Waals surface area contributed by atoms with Gasteiger partial charge in [0.15, 0.2) is 0 Å². The van der Waals surface area contributed by atoms with Crippen LogP contribution in [-0.2, 0) is 9.53 Å². The van der Waals surface area contributed by atoms with Crippen molar-refractivity contribution in [3.05, 3.63) is 30.3 Å². The fourth-order valence-electron chi connectivity index (χ4n) is 3.70. The highest BCUT2D eigenvalue weighted by molar-refractivity contribution is 5.81. The van der Waals surface area contributed by atoms with Crippen LogP contribution in [0.3, 0.4) is 0 Å². The van der Waals surface area contributed by atoms with Crippen LogP contribution >= 0.6 is 0 Å². The van der Waals surface area contributed by atoms with Gasteiger partial charge in [0.2, 0.25) is 0 Å². The van der Waals surface area contributed by atoms with E-state index in [1.54, 1.807) is 0 Å². The van der Waals surface area contributed by atoms with E-state index in [0.29, 0.717) is 25.7 Å². The normalized spacial score (nSPS) is 23.6. The minimum absolute atomic E-state index is 0.0259. The van der Waals surface area contributed by atoms with Crippen molar-refractivity contribution in [2.24, 2.45) is 0 Å². The summed E-state index contributed by atoms with van der Waals surface area (Å²) in [6.07, 6.45) is -0.328. The number of hydrogen-bond acceptors (Lipinski definition) is 5. The highest BCUT2D eigenvalue weighted by Gasteiger charge is 2.27. The van der Waals surface area contributed by atoms with E-state index >= 15 is 0 Å². The van der Waals surface area contributed by atoms with Crippen LogP contribution < -0.4 is 10.2 Å². The lowest BCUT2D eigenvalue weighted by Gasteiger charge is -2.39. The molecule has 26 heavy (non-hydrogen) atoms. The molecule has 2 fully saturated rings. The molecule has 2 saturated heterocycles. The number of benzene rings is 1. The Hall–Kier alpha value is -1.63. The number of nitrogens with one attached hydrogen (secondary N) is 1. The van der Waals surface area contributed by atoms with Crippen molar-refractivity contribution in [1.82, 2.24) is 15.1 Å². The predicted octanol–water partition coefficient (Wildman–Crippen LogP) is 1.03. The standard InChI is InChI=1S/C20H32N4O2/c1-3-22-13-14-26-19(16-22)20(25)21-15-17(2)23-9-11-24(12-10-23)18-7-5-4-6-8-18/h4-8,17,19H,3,9-16H2,1-2H3,(H,21,25)/t17-,19-/m0/s1. The molecule has 0 spiro atoms. The second kappa shape index (κ2) is 9.35. The summed E-state index contributed by atoms with van der Waals surface area (Å²) in [6, 6.07) is 10.9. The molecule has 1 aromatic carbocycles. The summed E-state index contributed by atoms with van der Waals surface area (Å²) < 4.78 is 5.64. The molecule has 6 heteroatoms. The van der Waals surface area contributed by atoms with Crippen LogP contribution in [0.4, 0.5) is 5.69 Å². The Bertz CT molecular complexity index is 560. The molecule has 144 valence electrons. The molecule has 1 N–H and O–H groups in total. The molecule has 3 rings (SSSR count). The van der Waals surface area contributed by atoms with E-state index in [0.717, 1.165) is 39.3 Å². The third-order valence-corrected chi connectivity index (χ3v) is 5.52. The van der Waals surface area contributed by atoms with Gasteiger partial charge >= 0.3 is 0 Å². The van der Waals surface area contributed by atoms with Crippen molar-refractivity contribution in [3.8, 4) is 0 Å². The molecule has 2 aliphatic rings. The Morgan fingerprint density at radius 2 is 1.92 bits per heavy atom. The van der Waals surface area contributed by atoms with Crippen molar-refractivity contribution in [2.45, 2.75) is 26.0 Å². The van der Waals surface area contributed by atoms with Crippen molar-refractivity contribution in [3.63, 3.8) is 0 Å². The van der Waals surface area contributed by atoms with Crippen LogP contribution in [0.25, 0.3) is 0 Å². The Labute approximate surface area is 157 Å². The Morgan fingerprint density at radius 1 is 1.19 bits per heavy atom. The average Bonchev–Trinajstić information content (AvgIpc) is 2.72. The molecule has 0 saturated carbocycles. The zero-order valence-electron chi connectivity index (χ0n) is 16.1. The van der Waals surface area contributed by atoms with Crippen molar-refractivity contribution >= 4 is 11.6 Å². The van der Waals surface area contributed by atoms with E-state index < -0.39 is 0 Å². The van der Waals surface area contributed by atoms with Crippen molar-refractivity contribution in [1.29, 1.82) is 0 Å². The van der Waals surface area contributed by atoms with Crippen LogP contribution in [0.5, 0.6) is 0 Å². The number of piperazine rings is 1. The largest absolute Gasteiger partial charge is 0.369 e. The third kappa shape index (κ3) is 4.96. The molecule has 0 radical (unpaired) electrons. The molecule has 2 atom stereocenters. The number of hydrogen-bond donors (Lipinski definition) is 1. The zero-order chi connectivity index (χ0) is 18.4. The number of anilines is 1. The van der Waals surface area contributed by atoms with Gasteiger partial charge in [-0.2, -0.15) is 0 Å². The van der Waals surface area contributed by atoms with Crippen LogP contribution in [-0.4, -0.2) is 86.8 Å². The van der Waals surface area contributed by atoms with Gasteiger partial charge in [-0.3, -0.25) is 14.6 Å². The second-order valence-corrected chi connectivity index (χ2v) is 7.21. The number of nitrogens with zero attached hydrogens (tertiary/aromatic N) is 3. The molecular weight excluding hydrogens is 328 g/mol. The van der Waals surface area contributed by atoms with Gasteiger partial charge in [0.25, 0.3) is 5.91 Å². The molecule has 0 aliphatic carbocycles. The number of amides is 1. The number of ether oxygens (including phenoxy) is 1. The predicted molar refractivity (Wildman–Crippen MR) is 105 cm³/mol. The number of morpholine rings is 1. The molecule has 0 aromatic heterocycles. The number of carbonyl (C=O) groups excluding carboxylic acids is 1. The lowest BCUT2D eigenvalue weighted by Crippen LogP contribution is -2.54. The number of carbonyl (C=O) groups is 1. The highest BCUT2D eigenvalue weighted by atomic mass is 16.5. The minimum atomic E-state index is -0.328. The smallest absolute Gasteiger partial charge is 0.250 e. The first-order valence-electron chi connectivity index (χ1n) is 9.83. The summed E-state index contributed by atoms with van der Waals surface area (Å²) in [5, 5.41) is 3.09. The minimum Gasteiger partial charge on any atom is -0.369 e. The fraction of sp³-hybridized carbons (Fsp3) is 0.650. The van der Waals surface area contributed by atoms with E-state index in [2.05, 4.69) is 64.2 Å². The fourth-order valence-corrected chi connectivity index (χ4v) is 3.70. The van der Waals surface area contributed by atoms with Crippen molar-refractivity contribution in [2.75, 3.05) is 63.9 Å². The summed E-state index contributed by atoms with van der Waals surface area (Å²) in [7, 11) is 0. The van der Waals surface area contributed by atoms with E-state index in [1.807, 2.05) is 0 Å². The van der Waals surface area contributed by atoms with Crippen LogP contribution in [0, 0.1) is 0 Å².